The lowest BCUT2D eigenvalue weighted by atomic mass is 10.2. The number of halogens is 1. The van der Waals surface area contributed by atoms with Crippen LogP contribution in [0.2, 0.25) is 5.02 Å². The molecule has 0 bridgehead atoms. The number of nitrogens with zero attached hydrogens (tertiary/aromatic N) is 2. The number of amides is 1. The third-order valence-corrected chi connectivity index (χ3v) is 3.48. The summed E-state index contributed by atoms with van der Waals surface area (Å²) < 4.78 is 0. The van der Waals surface area contributed by atoms with Crippen molar-refractivity contribution < 1.29 is 4.79 Å². The van der Waals surface area contributed by atoms with Crippen LogP contribution in [0.25, 0.3) is 0 Å². The molecule has 0 fully saturated rings. The first kappa shape index (κ1) is 14.7. The Morgan fingerprint density at radius 2 is 2.30 bits per heavy atom. The fourth-order valence-electron chi connectivity index (χ4n) is 1.53. The van der Waals surface area contributed by atoms with Crippen LogP contribution < -0.4 is 10.6 Å². The van der Waals surface area contributed by atoms with Crippen molar-refractivity contribution in [2.45, 2.75) is 19.9 Å². The Balaban J connectivity index is 1.97. The summed E-state index contributed by atoms with van der Waals surface area (Å²) in [5.74, 6) is 0.388. The molecule has 0 aromatic carbocycles. The van der Waals surface area contributed by atoms with Crippen molar-refractivity contribution in [3.63, 3.8) is 0 Å². The molecule has 20 heavy (non-hydrogen) atoms. The molecule has 1 amide bonds. The Morgan fingerprint density at radius 3 is 2.95 bits per heavy atom. The lowest BCUT2D eigenvalue weighted by Crippen LogP contribution is -2.23. The number of rotatable bonds is 6. The molecule has 2 N–H and O–H groups in total. The number of hydrogen-bond acceptors (Lipinski definition) is 5. The third kappa shape index (κ3) is 3.91. The van der Waals surface area contributed by atoms with Gasteiger partial charge in [-0.2, -0.15) is 0 Å². The summed E-state index contributed by atoms with van der Waals surface area (Å²) in [6.45, 7) is 3.25. The van der Waals surface area contributed by atoms with Crippen LogP contribution >= 0.6 is 22.9 Å². The van der Waals surface area contributed by atoms with Crippen LogP contribution in [0.4, 0.5) is 5.82 Å². The van der Waals surface area contributed by atoms with Crippen LogP contribution in [0.3, 0.4) is 0 Å². The topological polar surface area (TPSA) is 66.9 Å². The van der Waals surface area contributed by atoms with Crippen molar-refractivity contribution in [3.05, 3.63) is 39.4 Å². The van der Waals surface area contributed by atoms with Crippen molar-refractivity contribution >= 4 is 34.7 Å². The molecular weight excluding hydrogens is 296 g/mol. The number of carbonyl (C=O) groups excluding carboxylic acids is 1. The van der Waals surface area contributed by atoms with Gasteiger partial charge in [0, 0.05) is 18.1 Å². The largest absolute Gasteiger partial charge is 0.369 e. The lowest BCUT2D eigenvalue weighted by molar-refractivity contribution is 0.0950. The van der Waals surface area contributed by atoms with Gasteiger partial charge in [0.25, 0.3) is 5.91 Å². The second-order valence-electron chi connectivity index (χ2n) is 4.14. The summed E-state index contributed by atoms with van der Waals surface area (Å²) in [7, 11) is 0. The highest BCUT2D eigenvalue weighted by Crippen LogP contribution is 2.20. The molecule has 0 aliphatic heterocycles. The summed E-state index contributed by atoms with van der Waals surface area (Å²) in [6.07, 6.45) is 2.49. The lowest BCUT2D eigenvalue weighted by Gasteiger charge is -2.08. The van der Waals surface area contributed by atoms with E-state index in [0.717, 1.165) is 18.7 Å². The Hall–Kier alpha value is -1.66. The smallest absolute Gasteiger partial charge is 0.253 e. The van der Waals surface area contributed by atoms with Crippen LogP contribution in [0.1, 0.15) is 29.4 Å². The van der Waals surface area contributed by atoms with E-state index in [0.29, 0.717) is 22.9 Å². The molecule has 106 valence electrons. The fourth-order valence-corrected chi connectivity index (χ4v) is 2.32. The average molecular weight is 311 g/mol. The highest BCUT2D eigenvalue weighted by atomic mass is 35.5. The van der Waals surface area contributed by atoms with E-state index < -0.39 is 0 Å². The number of carbonyl (C=O) groups is 1. The second-order valence-corrected chi connectivity index (χ2v) is 5.27. The molecule has 0 spiro atoms. The van der Waals surface area contributed by atoms with Crippen LogP contribution in [-0.4, -0.2) is 22.4 Å². The molecule has 0 saturated carbocycles. The first-order valence-corrected chi connectivity index (χ1v) is 7.57. The van der Waals surface area contributed by atoms with Crippen LogP contribution in [0.15, 0.2) is 23.2 Å². The zero-order chi connectivity index (χ0) is 14.4. The van der Waals surface area contributed by atoms with Crippen molar-refractivity contribution in [1.29, 1.82) is 0 Å². The predicted octanol–water partition coefficient (Wildman–Crippen LogP) is 2.94. The highest BCUT2D eigenvalue weighted by Gasteiger charge is 2.10. The summed E-state index contributed by atoms with van der Waals surface area (Å²) >= 11 is 7.59. The van der Waals surface area contributed by atoms with Crippen LogP contribution in [0.5, 0.6) is 0 Å². The van der Waals surface area contributed by atoms with E-state index in [-0.39, 0.29) is 5.91 Å². The normalized spacial score (nSPS) is 10.3. The van der Waals surface area contributed by atoms with Crippen LogP contribution in [0, 0.1) is 0 Å². The fraction of sp³-hybridized carbons (Fsp3) is 0.308. The van der Waals surface area contributed by atoms with E-state index in [1.54, 1.807) is 11.6 Å². The zero-order valence-electron chi connectivity index (χ0n) is 11.0. The van der Waals surface area contributed by atoms with Gasteiger partial charge in [0.1, 0.15) is 5.82 Å². The summed E-state index contributed by atoms with van der Waals surface area (Å²) in [5, 5.41) is 8.21. The summed E-state index contributed by atoms with van der Waals surface area (Å²) in [6, 6.07) is 1.61. The minimum atomic E-state index is -0.213. The summed E-state index contributed by atoms with van der Waals surface area (Å²) in [5.41, 5.74) is 3.00. The molecule has 0 radical (unpaired) electrons. The molecule has 2 aromatic heterocycles. The molecule has 7 heteroatoms. The van der Waals surface area contributed by atoms with E-state index in [2.05, 4.69) is 27.5 Å². The molecular formula is C13H15ClN4OS. The van der Waals surface area contributed by atoms with Gasteiger partial charge in [-0.05, 0) is 12.5 Å². The number of thiazole rings is 1. The van der Waals surface area contributed by atoms with E-state index >= 15 is 0 Å². The van der Waals surface area contributed by atoms with E-state index in [9.17, 15) is 4.79 Å². The molecule has 0 saturated heterocycles. The Bertz CT molecular complexity index is 574. The number of aromatic nitrogens is 2. The molecule has 2 aromatic rings. The van der Waals surface area contributed by atoms with Crippen molar-refractivity contribution in [3.8, 4) is 0 Å². The molecule has 2 rings (SSSR count). The molecule has 0 aliphatic rings. The molecule has 5 nitrogen and oxygen atoms in total. The minimum absolute atomic E-state index is 0.213. The van der Waals surface area contributed by atoms with Gasteiger partial charge in [-0.25, -0.2) is 9.97 Å². The van der Waals surface area contributed by atoms with Gasteiger partial charge in [-0.1, -0.05) is 18.5 Å². The predicted molar refractivity (Wildman–Crippen MR) is 81.3 cm³/mol. The van der Waals surface area contributed by atoms with Crippen molar-refractivity contribution in [2.75, 3.05) is 11.9 Å². The standard InChI is InChI=1S/C13H15ClN4OS/c1-2-3-15-12-11(14)4-9(5-16-12)13(19)17-6-10-7-20-8-18-10/h4-5,7-8H,2-3,6H2,1H3,(H,15,16)(H,17,19). The first-order chi connectivity index (χ1) is 9.70. The van der Waals surface area contributed by atoms with Gasteiger partial charge < -0.3 is 10.6 Å². The highest BCUT2D eigenvalue weighted by molar-refractivity contribution is 7.07. The van der Waals surface area contributed by atoms with Gasteiger partial charge in [-0.15, -0.1) is 11.3 Å². The number of nitrogens with one attached hydrogen (secondary N) is 2. The quantitative estimate of drug-likeness (QED) is 0.861. The Labute approximate surface area is 126 Å². The maximum atomic E-state index is 12.0. The molecule has 0 atom stereocenters. The first-order valence-electron chi connectivity index (χ1n) is 6.25. The number of pyridine rings is 1. The Kier molecular flexibility index (Phi) is 5.31. The van der Waals surface area contributed by atoms with Gasteiger partial charge in [0.15, 0.2) is 0 Å². The third-order valence-electron chi connectivity index (χ3n) is 2.56. The van der Waals surface area contributed by atoms with Gasteiger partial charge >= 0.3 is 0 Å². The maximum Gasteiger partial charge on any atom is 0.253 e. The zero-order valence-corrected chi connectivity index (χ0v) is 12.6. The SMILES string of the molecule is CCCNc1ncc(C(=O)NCc2cscn2)cc1Cl. The number of anilines is 1. The van der Waals surface area contributed by atoms with Crippen molar-refractivity contribution in [1.82, 2.24) is 15.3 Å². The van der Waals surface area contributed by atoms with Crippen LogP contribution in [-0.2, 0) is 6.54 Å². The molecule has 2 heterocycles. The van der Waals surface area contributed by atoms with Gasteiger partial charge in [-0.3, -0.25) is 4.79 Å². The Morgan fingerprint density at radius 1 is 1.45 bits per heavy atom. The van der Waals surface area contributed by atoms with Crippen molar-refractivity contribution in [2.24, 2.45) is 0 Å². The van der Waals surface area contributed by atoms with E-state index in [4.69, 9.17) is 11.6 Å². The maximum absolute atomic E-state index is 12.0. The average Bonchev–Trinajstić information content (AvgIpc) is 2.96. The summed E-state index contributed by atoms with van der Waals surface area (Å²) in [4.78, 5) is 20.2. The monoisotopic (exact) mass is 310 g/mol. The van der Waals surface area contributed by atoms with Gasteiger partial charge in [0.2, 0.25) is 0 Å². The van der Waals surface area contributed by atoms with E-state index in [1.165, 1.54) is 17.5 Å². The molecule has 0 unspecified atom stereocenters. The molecule has 0 aliphatic carbocycles. The minimum Gasteiger partial charge on any atom is -0.369 e. The second kappa shape index (κ2) is 7.21. The van der Waals surface area contributed by atoms with Gasteiger partial charge in [0.05, 0.1) is 28.3 Å². The van der Waals surface area contributed by atoms with E-state index in [1.807, 2.05) is 5.38 Å². The number of hydrogen-bond donors (Lipinski definition) is 2.